The fraction of sp³-hybridized carbons (Fsp3) is 0.667. The molecule has 5 atom stereocenters. The van der Waals surface area contributed by atoms with E-state index in [2.05, 4.69) is 15.0 Å². The van der Waals surface area contributed by atoms with Gasteiger partial charge >= 0.3 is 12.8 Å². The first kappa shape index (κ1) is 24.2. The van der Waals surface area contributed by atoms with Crippen LogP contribution in [0.5, 0.6) is 5.88 Å². The lowest BCUT2D eigenvalue weighted by Gasteiger charge is -2.35. The van der Waals surface area contributed by atoms with Crippen LogP contribution in [0.15, 0.2) is 6.33 Å². The van der Waals surface area contributed by atoms with Crippen LogP contribution in [0.25, 0.3) is 11.2 Å². The van der Waals surface area contributed by atoms with Gasteiger partial charge in [0.2, 0.25) is 11.8 Å². The quantitative estimate of drug-likeness (QED) is 0.345. The molecule has 3 N–H and O–H groups in total. The molecule has 2 aromatic rings. The van der Waals surface area contributed by atoms with Crippen molar-refractivity contribution in [1.82, 2.24) is 19.5 Å². The molecule has 0 saturated carbocycles. The zero-order valence-electron chi connectivity index (χ0n) is 18.8. The molecular weight excluding hydrogens is 477 g/mol. The highest BCUT2D eigenvalue weighted by Crippen LogP contribution is 2.66. The Labute approximate surface area is 193 Å². The number of nitrogens with zero attached hydrogens (tertiary/aromatic N) is 4. The second-order valence-electron chi connectivity index (χ2n) is 8.87. The molecule has 0 aromatic carbocycles. The number of hydrogen-bond acceptors (Lipinski definition) is 13. The third kappa shape index (κ3) is 4.43. The number of esters is 1. The van der Waals surface area contributed by atoms with Crippen LogP contribution in [0.4, 0.5) is 5.95 Å². The van der Waals surface area contributed by atoms with Crippen molar-refractivity contribution in [3.8, 4) is 5.88 Å². The first-order valence-corrected chi connectivity index (χ1v) is 13.2. The van der Waals surface area contributed by atoms with Gasteiger partial charge in [-0.15, -0.1) is 0 Å². The van der Waals surface area contributed by atoms with Crippen LogP contribution in [0.2, 0.25) is 0 Å². The predicted molar refractivity (Wildman–Crippen MR) is 117 cm³/mol. The molecule has 15 heteroatoms. The second kappa shape index (κ2) is 8.36. The predicted octanol–water partition coefficient (Wildman–Crippen LogP) is 1.87. The van der Waals surface area contributed by atoms with Crippen molar-refractivity contribution >= 4 is 41.3 Å². The molecule has 2 aromatic heterocycles. The van der Waals surface area contributed by atoms with Crippen LogP contribution in [0, 0.1) is 5.41 Å². The van der Waals surface area contributed by atoms with Gasteiger partial charge in [-0.1, -0.05) is 0 Å². The Morgan fingerprint density at radius 2 is 2.18 bits per heavy atom. The van der Waals surface area contributed by atoms with E-state index in [9.17, 15) is 14.5 Å². The maximum Gasteiger partial charge on any atom is 0.392 e. The lowest BCUT2D eigenvalue weighted by molar-refractivity contribution is -0.150. The molecule has 13 nitrogen and oxygen atoms in total. The van der Waals surface area contributed by atoms with Crippen molar-refractivity contribution in [2.24, 2.45) is 5.41 Å². The fourth-order valence-electron chi connectivity index (χ4n) is 3.52. The van der Waals surface area contributed by atoms with E-state index in [0.717, 1.165) is 11.4 Å². The Kier molecular flexibility index (Phi) is 6.13. The van der Waals surface area contributed by atoms with E-state index < -0.39 is 42.2 Å². The smallest absolute Gasteiger partial charge is 0.392 e. The molecular formula is C18H26N5O8PS. The van der Waals surface area contributed by atoms with Gasteiger partial charge in [0.1, 0.15) is 23.7 Å². The summed E-state index contributed by atoms with van der Waals surface area (Å²) in [6.45, 7) is 2.79. The van der Waals surface area contributed by atoms with Crippen LogP contribution in [-0.2, 0) is 27.9 Å². The summed E-state index contributed by atoms with van der Waals surface area (Å²) < 4.78 is 42.1. The van der Waals surface area contributed by atoms with Gasteiger partial charge in [-0.3, -0.25) is 18.4 Å². The number of carbonyl (C=O) groups is 1. The molecule has 2 fully saturated rings. The molecule has 33 heavy (non-hydrogen) atoms. The van der Waals surface area contributed by atoms with Gasteiger partial charge in [0.25, 0.3) is 0 Å². The Bertz CT molecular complexity index is 1120. The number of methoxy groups -OCH3 is 1. The highest BCUT2D eigenvalue weighted by Gasteiger charge is 2.60. The summed E-state index contributed by atoms with van der Waals surface area (Å²) in [5.41, 5.74) is 4.05. The van der Waals surface area contributed by atoms with Crippen molar-refractivity contribution in [3.63, 3.8) is 0 Å². The second-order valence-corrected chi connectivity index (χ2v) is 12.8. The number of imidazole rings is 1. The zero-order chi connectivity index (χ0) is 24.2. The van der Waals surface area contributed by atoms with E-state index in [-0.39, 0.29) is 30.0 Å². The molecule has 1 unspecified atom stereocenters. The molecule has 0 bridgehead atoms. The summed E-state index contributed by atoms with van der Waals surface area (Å²) in [5.74, 6) is -0.534. The molecule has 0 amide bonds. The van der Waals surface area contributed by atoms with E-state index in [1.807, 2.05) is 0 Å². The minimum Gasteiger partial charge on any atom is -0.479 e. The normalized spacial score (nSPS) is 32.0. The lowest BCUT2D eigenvalue weighted by atomic mass is 9.96. The summed E-state index contributed by atoms with van der Waals surface area (Å²) in [5, 5.41) is 11.4. The minimum atomic E-state index is -3.73. The molecule has 0 spiro atoms. The van der Waals surface area contributed by atoms with Gasteiger partial charge in [0.05, 0.1) is 25.5 Å². The highest BCUT2D eigenvalue weighted by atomic mass is 32.7. The van der Waals surface area contributed by atoms with E-state index in [1.54, 1.807) is 20.8 Å². The lowest BCUT2D eigenvalue weighted by Crippen LogP contribution is -2.47. The van der Waals surface area contributed by atoms with Crippen LogP contribution >= 0.6 is 18.2 Å². The van der Waals surface area contributed by atoms with Crippen molar-refractivity contribution in [1.29, 1.82) is 0 Å². The zero-order valence-corrected chi connectivity index (χ0v) is 20.5. The number of aliphatic hydroxyl groups is 1. The topological polar surface area (TPSA) is 170 Å². The molecule has 2 aliphatic rings. The monoisotopic (exact) mass is 503 g/mol. The largest absolute Gasteiger partial charge is 0.479 e. The number of aromatic nitrogens is 4. The molecule has 0 radical (unpaired) electrons. The average molecular weight is 503 g/mol. The van der Waals surface area contributed by atoms with Gasteiger partial charge in [0, 0.05) is 11.4 Å². The van der Waals surface area contributed by atoms with Gasteiger partial charge in [-0.25, -0.2) is 9.55 Å². The number of carbonyl (C=O) groups excluding carboxylic acids is 1. The number of ether oxygens (including phenoxy) is 3. The molecule has 2 saturated heterocycles. The molecule has 0 aliphatic carbocycles. The summed E-state index contributed by atoms with van der Waals surface area (Å²) >= 11 is 0.731. The minimum absolute atomic E-state index is 0.0403. The van der Waals surface area contributed by atoms with Crippen LogP contribution in [-0.4, -0.2) is 68.1 Å². The van der Waals surface area contributed by atoms with Crippen LogP contribution < -0.4 is 10.5 Å². The third-order valence-electron chi connectivity index (χ3n) is 5.22. The SMILES string of the molecule is COc1nc(N)nc2c1ncn2[C@@H]1O[C@@H]2COP(=O)(SCOC(=O)C(C)(C)C)O[C@H]2[C@@]1(C)O. The number of nitrogens with two attached hydrogens (primary N) is 1. The van der Waals surface area contributed by atoms with Crippen molar-refractivity contribution in [3.05, 3.63) is 6.33 Å². The first-order chi connectivity index (χ1) is 15.4. The van der Waals surface area contributed by atoms with Crippen molar-refractivity contribution in [2.75, 3.05) is 25.4 Å². The third-order valence-corrected chi connectivity index (χ3v) is 8.55. The number of nitrogen functional groups attached to an aromatic ring is 1. The number of rotatable bonds is 5. The van der Waals surface area contributed by atoms with E-state index >= 15 is 0 Å². The molecule has 4 heterocycles. The van der Waals surface area contributed by atoms with E-state index in [0.29, 0.717) is 5.52 Å². The maximum atomic E-state index is 13.1. The van der Waals surface area contributed by atoms with Crippen molar-refractivity contribution < 1.29 is 37.7 Å². The van der Waals surface area contributed by atoms with Crippen molar-refractivity contribution in [2.45, 2.75) is 51.7 Å². The van der Waals surface area contributed by atoms with Crippen LogP contribution in [0.1, 0.15) is 33.9 Å². The Morgan fingerprint density at radius 3 is 2.85 bits per heavy atom. The molecule has 4 rings (SSSR count). The Hall–Kier alpha value is -1.96. The van der Waals surface area contributed by atoms with Gasteiger partial charge in [-0.2, -0.15) is 9.97 Å². The Morgan fingerprint density at radius 1 is 1.45 bits per heavy atom. The highest BCUT2D eigenvalue weighted by molar-refractivity contribution is 8.55. The first-order valence-electron chi connectivity index (χ1n) is 10.0. The van der Waals surface area contributed by atoms with Crippen LogP contribution in [0.3, 0.4) is 0 Å². The fourth-order valence-corrected chi connectivity index (χ4v) is 6.38. The summed E-state index contributed by atoms with van der Waals surface area (Å²) in [7, 11) is 1.43. The number of fused-ring (bicyclic) bond motifs is 2. The maximum absolute atomic E-state index is 13.1. The summed E-state index contributed by atoms with van der Waals surface area (Å²) in [6, 6.07) is 0. The molecule has 2 aliphatic heterocycles. The van der Waals surface area contributed by atoms with Gasteiger partial charge < -0.3 is 25.1 Å². The van der Waals surface area contributed by atoms with Gasteiger partial charge in [0.15, 0.2) is 17.4 Å². The summed E-state index contributed by atoms with van der Waals surface area (Å²) in [6.07, 6.45) is -1.30. The Balaban J connectivity index is 1.53. The number of hydrogen-bond donors (Lipinski definition) is 2. The number of anilines is 1. The average Bonchev–Trinajstić information content (AvgIpc) is 3.24. The van der Waals surface area contributed by atoms with Gasteiger partial charge in [-0.05, 0) is 27.7 Å². The standard InChI is InChI=1S/C18H26N5O8PS/c1-17(2,3)15(24)28-8-33-32(26)29-6-9-11(31-32)18(4,25)14(30-9)23-7-20-10-12(23)21-16(19)22-13(10)27-5/h7,9,11,14,25H,6,8H2,1-5H3,(H2,19,21,22)/t9-,11-,14-,18-,32?/m1/s1. The molecule has 182 valence electrons. The van der Waals surface area contributed by atoms with E-state index in [4.69, 9.17) is 29.0 Å². The van der Waals surface area contributed by atoms with E-state index in [1.165, 1.54) is 24.9 Å². The summed E-state index contributed by atoms with van der Waals surface area (Å²) in [4.78, 5) is 24.4.